The molecule has 1 aromatic heterocycles. The molecule has 0 saturated heterocycles. The number of aromatic nitrogens is 1. The second kappa shape index (κ2) is 9.66. The second-order valence-electron chi connectivity index (χ2n) is 6.20. The lowest BCUT2D eigenvalue weighted by Crippen LogP contribution is -2.09. The highest BCUT2D eigenvalue weighted by Crippen LogP contribution is 2.26. The average molecular weight is 445 g/mol. The zero-order chi connectivity index (χ0) is 21.6. The fraction of sp³-hybridized carbons (Fsp3) is 0.143. The van der Waals surface area contributed by atoms with Crippen LogP contribution < -0.4 is 10.1 Å². The Morgan fingerprint density at radius 2 is 1.87 bits per heavy atom. The molecule has 1 heterocycles. The molecule has 0 aliphatic heterocycles. The van der Waals surface area contributed by atoms with Crippen LogP contribution in [-0.4, -0.2) is 43.9 Å². The lowest BCUT2D eigenvalue weighted by Gasteiger charge is -2.02. The molecule has 1 amide bonds. The van der Waals surface area contributed by atoms with E-state index in [1.807, 2.05) is 29.6 Å². The number of anilines is 1. The van der Waals surface area contributed by atoms with Crippen LogP contribution in [0.15, 0.2) is 64.9 Å². The highest BCUT2D eigenvalue weighted by molar-refractivity contribution is 7.91. The molecule has 7 nitrogen and oxygen atoms in total. The Morgan fingerprint density at radius 3 is 2.50 bits per heavy atom. The molecule has 0 radical (unpaired) electrons. The Hall–Kier alpha value is -3.01. The van der Waals surface area contributed by atoms with Crippen LogP contribution in [0.4, 0.5) is 5.13 Å². The van der Waals surface area contributed by atoms with Crippen LogP contribution in [-0.2, 0) is 14.6 Å². The van der Waals surface area contributed by atoms with Crippen molar-refractivity contribution in [1.29, 1.82) is 0 Å². The molecule has 0 unspecified atom stereocenters. The number of rotatable bonds is 8. The Kier molecular flexibility index (Phi) is 6.99. The van der Waals surface area contributed by atoms with Gasteiger partial charge in [0.25, 0.3) is 0 Å². The molecule has 2 aromatic carbocycles. The third-order valence-electron chi connectivity index (χ3n) is 4.15. The molecule has 0 aliphatic carbocycles. The van der Waals surface area contributed by atoms with Gasteiger partial charge in [0.15, 0.2) is 15.0 Å². The summed E-state index contributed by atoms with van der Waals surface area (Å²) in [6.07, 6.45) is 2.93. The molecule has 3 rings (SSSR count). The average Bonchev–Trinajstić information content (AvgIpc) is 3.21. The van der Waals surface area contributed by atoms with E-state index in [1.165, 1.54) is 29.5 Å². The summed E-state index contributed by atoms with van der Waals surface area (Å²) in [5.41, 5.74) is 2.34. The normalized spacial score (nSPS) is 11.5. The minimum Gasteiger partial charge on any atom is -0.497 e. The lowest BCUT2D eigenvalue weighted by atomic mass is 10.2. The molecule has 2 N–H and O–H groups in total. The number of methoxy groups -OCH3 is 1. The number of aliphatic hydroxyl groups is 1. The first-order valence-corrected chi connectivity index (χ1v) is 11.5. The minimum atomic E-state index is -3.49. The quantitative estimate of drug-likeness (QED) is 0.517. The van der Waals surface area contributed by atoms with Crippen molar-refractivity contribution in [2.24, 2.45) is 0 Å². The van der Waals surface area contributed by atoms with Crippen molar-refractivity contribution in [1.82, 2.24) is 4.98 Å². The van der Waals surface area contributed by atoms with Crippen LogP contribution in [0.1, 0.15) is 5.56 Å². The van der Waals surface area contributed by atoms with Crippen LogP contribution in [0.5, 0.6) is 5.75 Å². The lowest BCUT2D eigenvalue weighted by molar-refractivity contribution is -0.111. The summed E-state index contributed by atoms with van der Waals surface area (Å²) in [5, 5.41) is 13.9. The van der Waals surface area contributed by atoms with Gasteiger partial charge in [0.05, 0.1) is 30.1 Å². The first kappa shape index (κ1) is 21.7. The van der Waals surface area contributed by atoms with E-state index in [0.29, 0.717) is 10.7 Å². The van der Waals surface area contributed by atoms with Gasteiger partial charge in [-0.3, -0.25) is 10.1 Å². The number of nitrogens with one attached hydrogen (secondary N) is 1. The highest BCUT2D eigenvalue weighted by Gasteiger charge is 2.13. The Bertz CT molecular complexity index is 1130. The predicted molar refractivity (Wildman–Crippen MR) is 117 cm³/mol. The van der Waals surface area contributed by atoms with Crippen LogP contribution in [0.3, 0.4) is 0 Å². The van der Waals surface area contributed by atoms with Crippen LogP contribution in [0.2, 0.25) is 0 Å². The number of sulfone groups is 1. The van der Waals surface area contributed by atoms with Crippen molar-refractivity contribution in [3.8, 4) is 17.0 Å². The van der Waals surface area contributed by atoms with Gasteiger partial charge in [-0.2, -0.15) is 0 Å². The molecule has 0 atom stereocenters. The summed E-state index contributed by atoms with van der Waals surface area (Å²) in [4.78, 5) is 16.7. The largest absolute Gasteiger partial charge is 0.497 e. The predicted octanol–water partition coefficient (Wildman–Crippen LogP) is 3.24. The monoisotopic (exact) mass is 444 g/mol. The number of ether oxygens (including phenoxy) is 1. The third kappa shape index (κ3) is 5.53. The van der Waals surface area contributed by atoms with Crippen molar-refractivity contribution < 1.29 is 23.1 Å². The number of nitrogens with zero attached hydrogens (tertiary/aromatic N) is 1. The van der Waals surface area contributed by atoms with Crippen LogP contribution in [0, 0.1) is 0 Å². The molecule has 0 saturated carbocycles. The van der Waals surface area contributed by atoms with Crippen molar-refractivity contribution in [2.45, 2.75) is 4.90 Å². The van der Waals surface area contributed by atoms with Crippen molar-refractivity contribution >= 4 is 38.3 Å². The minimum absolute atomic E-state index is 0.131. The summed E-state index contributed by atoms with van der Waals surface area (Å²) in [6, 6.07) is 13.6. The fourth-order valence-corrected chi connectivity index (χ4v) is 4.32. The number of amides is 1. The van der Waals surface area contributed by atoms with Gasteiger partial charge in [-0.25, -0.2) is 13.4 Å². The molecule has 9 heteroatoms. The number of aliphatic hydroxyl groups excluding tert-OH is 1. The van der Waals surface area contributed by atoms with E-state index in [0.717, 1.165) is 17.0 Å². The van der Waals surface area contributed by atoms with E-state index in [4.69, 9.17) is 9.84 Å². The molecule has 0 fully saturated rings. The van der Waals surface area contributed by atoms with E-state index >= 15 is 0 Å². The van der Waals surface area contributed by atoms with Gasteiger partial charge in [0, 0.05) is 17.0 Å². The summed E-state index contributed by atoms with van der Waals surface area (Å²) in [5.74, 6) is 0.0889. The first-order valence-electron chi connectivity index (χ1n) is 8.94. The van der Waals surface area contributed by atoms with Gasteiger partial charge in [-0.05, 0) is 48.0 Å². The van der Waals surface area contributed by atoms with Crippen LogP contribution in [0.25, 0.3) is 17.3 Å². The summed E-state index contributed by atoms with van der Waals surface area (Å²) in [7, 11) is -1.89. The van der Waals surface area contributed by atoms with Gasteiger partial charge in [-0.15, -0.1) is 11.3 Å². The zero-order valence-electron chi connectivity index (χ0n) is 16.1. The van der Waals surface area contributed by atoms with E-state index in [1.54, 1.807) is 25.3 Å². The first-order chi connectivity index (χ1) is 14.4. The Morgan fingerprint density at radius 1 is 1.17 bits per heavy atom. The van der Waals surface area contributed by atoms with Crippen LogP contribution >= 0.6 is 11.3 Å². The maximum absolute atomic E-state index is 12.2. The Balaban J connectivity index is 1.61. The molecule has 0 aliphatic rings. The van der Waals surface area contributed by atoms with Gasteiger partial charge in [0.2, 0.25) is 5.91 Å². The number of thiazole rings is 1. The standard InChI is InChI=1S/C21H20N2O5S2/c1-28-17-7-5-16(6-8-17)19-14-29-21(22-19)23-20(25)11-4-15-2-9-18(10-3-15)30(26,27)13-12-24/h2-11,14,24H,12-13H2,1H3,(H,22,23,25)/b11-4+. The van der Waals surface area contributed by atoms with E-state index in [2.05, 4.69) is 10.3 Å². The third-order valence-corrected chi connectivity index (χ3v) is 6.61. The van der Waals surface area contributed by atoms with E-state index in [9.17, 15) is 13.2 Å². The second-order valence-corrected chi connectivity index (χ2v) is 9.17. The van der Waals surface area contributed by atoms with Gasteiger partial charge < -0.3 is 9.84 Å². The molecule has 0 spiro atoms. The van der Waals surface area contributed by atoms with Crippen molar-refractivity contribution in [3.05, 3.63) is 65.6 Å². The van der Waals surface area contributed by atoms with E-state index in [-0.39, 0.29) is 16.6 Å². The number of benzene rings is 2. The smallest absolute Gasteiger partial charge is 0.250 e. The molecule has 156 valence electrons. The molecule has 30 heavy (non-hydrogen) atoms. The SMILES string of the molecule is COc1ccc(-c2csc(NC(=O)/C=C/c3ccc(S(=O)(=O)CCO)cc3)n2)cc1. The number of carbonyl (C=O) groups excluding carboxylic acids is 1. The Labute approximate surface area is 178 Å². The maximum atomic E-state index is 12.2. The number of hydrogen-bond donors (Lipinski definition) is 2. The van der Waals surface area contributed by atoms with Gasteiger partial charge in [-0.1, -0.05) is 12.1 Å². The highest BCUT2D eigenvalue weighted by atomic mass is 32.2. The molecular weight excluding hydrogens is 424 g/mol. The summed E-state index contributed by atoms with van der Waals surface area (Å²) < 4.78 is 28.9. The van der Waals surface area contributed by atoms with Crippen molar-refractivity contribution in [2.75, 3.05) is 24.8 Å². The number of hydrogen-bond acceptors (Lipinski definition) is 7. The fourth-order valence-electron chi connectivity index (χ4n) is 2.57. The number of carbonyl (C=O) groups is 1. The maximum Gasteiger partial charge on any atom is 0.250 e. The van der Waals surface area contributed by atoms with Gasteiger partial charge >= 0.3 is 0 Å². The topological polar surface area (TPSA) is 106 Å². The summed E-state index contributed by atoms with van der Waals surface area (Å²) >= 11 is 1.32. The summed E-state index contributed by atoms with van der Waals surface area (Å²) in [6.45, 7) is -0.429. The molecule has 0 bridgehead atoms. The molecule has 3 aromatic rings. The van der Waals surface area contributed by atoms with E-state index < -0.39 is 16.4 Å². The molecular formula is C21H20N2O5S2. The van der Waals surface area contributed by atoms with Gasteiger partial charge in [0.1, 0.15) is 5.75 Å². The van der Waals surface area contributed by atoms with Crippen molar-refractivity contribution in [3.63, 3.8) is 0 Å². The zero-order valence-corrected chi connectivity index (χ0v) is 17.7.